The normalized spacial score (nSPS) is 22.1. The van der Waals surface area contributed by atoms with Gasteiger partial charge in [0.2, 0.25) is 0 Å². The molecule has 1 aliphatic heterocycles. The molecular formula is C24H21N3O. The Morgan fingerprint density at radius 2 is 1.93 bits per heavy atom. The number of allylic oxidation sites excluding steroid dienone is 2. The highest BCUT2D eigenvalue weighted by Crippen LogP contribution is 2.50. The number of fused-ring (bicyclic) bond motifs is 3. The van der Waals surface area contributed by atoms with Crippen molar-refractivity contribution in [3.8, 4) is 0 Å². The summed E-state index contributed by atoms with van der Waals surface area (Å²) in [5.74, 6) is 0.649. The van der Waals surface area contributed by atoms with Gasteiger partial charge in [0.15, 0.2) is 0 Å². The number of nitrogens with one attached hydrogen (secondary N) is 2. The van der Waals surface area contributed by atoms with Gasteiger partial charge in [0, 0.05) is 24.0 Å². The Labute approximate surface area is 164 Å². The van der Waals surface area contributed by atoms with E-state index in [-0.39, 0.29) is 11.9 Å². The fourth-order valence-corrected chi connectivity index (χ4v) is 4.42. The van der Waals surface area contributed by atoms with Gasteiger partial charge < -0.3 is 10.6 Å². The number of amides is 1. The first kappa shape index (κ1) is 16.8. The van der Waals surface area contributed by atoms with Gasteiger partial charge in [0.1, 0.15) is 0 Å². The highest BCUT2D eigenvalue weighted by molar-refractivity contribution is 6.08. The molecule has 1 aromatic heterocycles. The van der Waals surface area contributed by atoms with Gasteiger partial charge in [0.05, 0.1) is 17.3 Å². The molecule has 5 rings (SSSR count). The maximum absolute atomic E-state index is 13.0. The molecule has 2 aliphatic rings. The summed E-state index contributed by atoms with van der Waals surface area (Å²) < 4.78 is 0. The van der Waals surface area contributed by atoms with Crippen molar-refractivity contribution in [3.63, 3.8) is 0 Å². The van der Waals surface area contributed by atoms with Crippen molar-refractivity contribution < 1.29 is 4.79 Å². The maximum atomic E-state index is 13.0. The Morgan fingerprint density at radius 1 is 1.04 bits per heavy atom. The van der Waals surface area contributed by atoms with Gasteiger partial charge in [-0.3, -0.25) is 9.78 Å². The third-order valence-corrected chi connectivity index (χ3v) is 5.72. The molecule has 2 N–H and O–H groups in total. The monoisotopic (exact) mass is 367 g/mol. The number of nitrogens with zero attached hydrogens (tertiary/aromatic N) is 1. The third kappa shape index (κ3) is 2.87. The van der Waals surface area contributed by atoms with Crippen LogP contribution in [0.1, 0.15) is 39.9 Å². The van der Waals surface area contributed by atoms with E-state index >= 15 is 0 Å². The zero-order valence-corrected chi connectivity index (χ0v) is 15.4. The second-order valence-corrected chi connectivity index (χ2v) is 7.35. The predicted octanol–water partition coefficient (Wildman–Crippen LogP) is 5.16. The molecule has 0 saturated carbocycles. The standard InChI is InChI=1S/C24H21N3O/c28-24(26-17-8-2-1-3-9-17)21-13-5-12-20-18-10-4-11-19(18)22(27-23(20)21)16-7-6-14-25-15-16/h1-10,12-15,18-19,22,27H,11H2,(H,26,28). The first-order chi connectivity index (χ1) is 13.8. The number of hydrogen-bond donors (Lipinski definition) is 2. The van der Waals surface area contributed by atoms with Crippen molar-refractivity contribution in [2.24, 2.45) is 5.92 Å². The number of carbonyl (C=O) groups excluding carboxylic acids is 1. The van der Waals surface area contributed by atoms with Crippen LogP contribution in [0.5, 0.6) is 0 Å². The van der Waals surface area contributed by atoms with E-state index in [9.17, 15) is 4.79 Å². The number of para-hydroxylation sites is 2. The average molecular weight is 367 g/mol. The largest absolute Gasteiger partial charge is 0.377 e. The molecule has 0 spiro atoms. The van der Waals surface area contributed by atoms with Crippen LogP contribution in [0.25, 0.3) is 0 Å². The van der Waals surface area contributed by atoms with E-state index in [0.717, 1.165) is 23.4 Å². The molecule has 3 unspecified atom stereocenters. The zero-order valence-electron chi connectivity index (χ0n) is 15.4. The molecule has 0 saturated heterocycles. The highest BCUT2D eigenvalue weighted by Gasteiger charge is 2.39. The molecule has 4 nitrogen and oxygen atoms in total. The molecule has 1 aliphatic carbocycles. The number of benzene rings is 2. The molecule has 0 fully saturated rings. The Kier molecular flexibility index (Phi) is 4.17. The zero-order chi connectivity index (χ0) is 18.9. The summed E-state index contributed by atoms with van der Waals surface area (Å²) in [5, 5.41) is 6.69. The van der Waals surface area contributed by atoms with Gasteiger partial charge in [-0.15, -0.1) is 0 Å². The van der Waals surface area contributed by atoms with Crippen LogP contribution in [0.4, 0.5) is 11.4 Å². The SMILES string of the molecule is O=C(Nc1ccccc1)c1cccc2c1NC(c1cccnc1)C1CC=CC21. The lowest BCUT2D eigenvalue weighted by Crippen LogP contribution is -2.31. The second-order valence-electron chi connectivity index (χ2n) is 7.35. The molecule has 2 aromatic carbocycles. The van der Waals surface area contributed by atoms with Crippen LogP contribution < -0.4 is 10.6 Å². The molecule has 3 atom stereocenters. The van der Waals surface area contributed by atoms with E-state index < -0.39 is 0 Å². The van der Waals surface area contributed by atoms with Crippen LogP contribution in [0, 0.1) is 5.92 Å². The highest BCUT2D eigenvalue weighted by atomic mass is 16.1. The van der Waals surface area contributed by atoms with Gasteiger partial charge in [0.25, 0.3) is 5.91 Å². The van der Waals surface area contributed by atoms with Crippen molar-refractivity contribution >= 4 is 17.3 Å². The molecule has 0 radical (unpaired) electrons. The molecule has 0 bridgehead atoms. The van der Waals surface area contributed by atoms with E-state index in [1.807, 2.05) is 54.7 Å². The summed E-state index contributed by atoms with van der Waals surface area (Å²) >= 11 is 0. The predicted molar refractivity (Wildman–Crippen MR) is 111 cm³/mol. The first-order valence-corrected chi connectivity index (χ1v) is 9.64. The summed E-state index contributed by atoms with van der Waals surface area (Å²) in [6.07, 6.45) is 9.28. The van der Waals surface area contributed by atoms with Crippen LogP contribution in [0.2, 0.25) is 0 Å². The van der Waals surface area contributed by atoms with Crippen LogP contribution in [-0.4, -0.2) is 10.9 Å². The van der Waals surface area contributed by atoms with Crippen LogP contribution in [-0.2, 0) is 0 Å². The molecule has 1 amide bonds. The Hall–Kier alpha value is -3.40. The summed E-state index contributed by atoms with van der Waals surface area (Å²) in [7, 11) is 0. The molecular weight excluding hydrogens is 346 g/mol. The van der Waals surface area contributed by atoms with Crippen molar-refractivity contribution in [1.82, 2.24) is 4.98 Å². The number of carbonyl (C=O) groups is 1. The van der Waals surface area contributed by atoms with Crippen molar-refractivity contribution in [1.29, 1.82) is 0 Å². The van der Waals surface area contributed by atoms with Gasteiger partial charge in [-0.05, 0) is 47.7 Å². The summed E-state index contributed by atoms with van der Waals surface area (Å²) in [5.41, 5.74) is 4.75. The molecule has 3 aromatic rings. The van der Waals surface area contributed by atoms with E-state index in [0.29, 0.717) is 17.4 Å². The fourth-order valence-electron chi connectivity index (χ4n) is 4.42. The van der Waals surface area contributed by atoms with Crippen LogP contribution in [0.3, 0.4) is 0 Å². The van der Waals surface area contributed by atoms with Crippen molar-refractivity contribution in [3.05, 3.63) is 102 Å². The molecule has 2 heterocycles. The fraction of sp³-hybridized carbons (Fsp3) is 0.167. The lowest BCUT2D eigenvalue weighted by molar-refractivity contribution is 0.102. The van der Waals surface area contributed by atoms with E-state index in [1.165, 1.54) is 5.56 Å². The minimum absolute atomic E-state index is 0.0964. The lowest BCUT2D eigenvalue weighted by atomic mass is 9.76. The van der Waals surface area contributed by atoms with Crippen molar-refractivity contribution in [2.75, 3.05) is 10.6 Å². The summed E-state index contributed by atoms with van der Waals surface area (Å²) in [4.78, 5) is 17.3. The molecule has 28 heavy (non-hydrogen) atoms. The topological polar surface area (TPSA) is 54.0 Å². The van der Waals surface area contributed by atoms with Crippen LogP contribution >= 0.6 is 0 Å². The van der Waals surface area contributed by atoms with Gasteiger partial charge >= 0.3 is 0 Å². The Balaban J connectivity index is 1.54. The van der Waals surface area contributed by atoms with Crippen molar-refractivity contribution in [2.45, 2.75) is 18.4 Å². The smallest absolute Gasteiger partial charge is 0.257 e. The van der Waals surface area contributed by atoms with Gasteiger partial charge in [-0.2, -0.15) is 0 Å². The molecule has 4 heteroatoms. The number of anilines is 2. The van der Waals surface area contributed by atoms with Gasteiger partial charge in [-0.25, -0.2) is 0 Å². The Morgan fingerprint density at radius 3 is 2.75 bits per heavy atom. The van der Waals surface area contributed by atoms with Gasteiger partial charge in [-0.1, -0.05) is 48.6 Å². The average Bonchev–Trinajstić information content (AvgIpc) is 3.24. The molecule has 138 valence electrons. The minimum atomic E-state index is -0.0964. The second kappa shape index (κ2) is 6.97. The maximum Gasteiger partial charge on any atom is 0.257 e. The Bertz CT molecular complexity index is 1030. The quantitative estimate of drug-likeness (QED) is 0.629. The number of rotatable bonds is 3. The van der Waals surface area contributed by atoms with Crippen LogP contribution in [0.15, 0.2) is 85.2 Å². The van der Waals surface area contributed by atoms with E-state index in [1.54, 1.807) is 6.20 Å². The third-order valence-electron chi connectivity index (χ3n) is 5.72. The minimum Gasteiger partial charge on any atom is -0.377 e. The number of hydrogen-bond acceptors (Lipinski definition) is 3. The summed E-state index contributed by atoms with van der Waals surface area (Å²) in [6.45, 7) is 0. The summed E-state index contributed by atoms with van der Waals surface area (Å²) in [6, 6.07) is 19.8. The number of pyridine rings is 1. The first-order valence-electron chi connectivity index (χ1n) is 9.64. The van der Waals surface area contributed by atoms with E-state index in [2.05, 4.69) is 39.9 Å². The van der Waals surface area contributed by atoms with E-state index in [4.69, 9.17) is 0 Å². The lowest BCUT2D eigenvalue weighted by Gasteiger charge is -2.38. The number of aromatic nitrogens is 1.